The van der Waals surface area contributed by atoms with E-state index in [9.17, 15) is 9.59 Å². The molecule has 2 saturated heterocycles. The van der Waals surface area contributed by atoms with Gasteiger partial charge in [0.25, 0.3) is 0 Å². The van der Waals surface area contributed by atoms with E-state index in [-0.39, 0.29) is 18.9 Å². The number of para-hydroxylation sites is 1. The summed E-state index contributed by atoms with van der Waals surface area (Å²) >= 11 is 6.07. The van der Waals surface area contributed by atoms with Crippen LogP contribution in [0.2, 0.25) is 5.02 Å². The number of nitrogens with two attached hydrogens (primary N) is 1. The van der Waals surface area contributed by atoms with E-state index in [0.717, 1.165) is 24.3 Å². The molecule has 35 heavy (non-hydrogen) atoms. The van der Waals surface area contributed by atoms with Crippen molar-refractivity contribution in [1.29, 1.82) is 0 Å². The Morgan fingerprint density at radius 2 is 2.00 bits per heavy atom. The van der Waals surface area contributed by atoms with Crippen molar-refractivity contribution >= 4 is 23.4 Å². The highest BCUT2D eigenvalue weighted by atomic mass is 35.5. The minimum Gasteiger partial charge on any atom is -0.491 e. The number of carbonyl (C=O) groups is 2. The number of likely N-dealkylation sites (tertiary alicyclic amines) is 1. The lowest BCUT2D eigenvalue weighted by atomic mass is 9.97. The summed E-state index contributed by atoms with van der Waals surface area (Å²) in [7, 11) is 0. The maximum Gasteiger partial charge on any atom is 0.222 e. The monoisotopic (exact) mass is 501 g/mol. The number of benzene rings is 2. The second-order valence-electron chi connectivity index (χ2n) is 9.07. The Morgan fingerprint density at radius 3 is 2.77 bits per heavy atom. The van der Waals surface area contributed by atoms with Gasteiger partial charge in [-0.2, -0.15) is 0 Å². The van der Waals surface area contributed by atoms with Crippen molar-refractivity contribution in [1.82, 2.24) is 9.80 Å². The summed E-state index contributed by atoms with van der Waals surface area (Å²) in [6.07, 6.45) is 1.59. The quantitative estimate of drug-likeness (QED) is 0.509. The molecule has 8 nitrogen and oxygen atoms in total. The molecule has 2 aliphatic heterocycles. The molecule has 2 aromatic rings. The Morgan fingerprint density at radius 1 is 1.14 bits per heavy atom. The topological polar surface area (TPSA) is 94.3 Å². The van der Waals surface area contributed by atoms with Gasteiger partial charge in [0.1, 0.15) is 30.3 Å². The van der Waals surface area contributed by atoms with Gasteiger partial charge in [-0.1, -0.05) is 35.9 Å². The molecule has 9 heteroatoms. The first-order valence-electron chi connectivity index (χ1n) is 11.9. The predicted octanol–water partition coefficient (Wildman–Crippen LogP) is 2.87. The largest absolute Gasteiger partial charge is 0.491 e. The zero-order valence-electron chi connectivity index (χ0n) is 19.8. The van der Waals surface area contributed by atoms with E-state index in [1.807, 2.05) is 41.3 Å². The van der Waals surface area contributed by atoms with Gasteiger partial charge in [0.15, 0.2) is 0 Å². The molecule has 2 heterocycles. The van der Waals surface area contributed by atoms with Gasteiger partial charge in [-0.05, 0) is 30.7 Å². The summed E-state index contributed by atoms with van der Waals surface area (Å²) in [5, 5.41) is 0.573. The van der Waals surface area contributed by atoms with E-state index in [1.165, 1.54) is 0 Å². The predicted molar refractivity (Wildman–Crippen MR) is 132 cm³/mol. The molecule has 1 atom stereocenters. The average Bonchev–Trinajstić information content (AvgIpc) is 3.23. The van der Waals surface area contributed by atoms with E-state index in [4.69, 9.17) is 31.5 Å². The number of carbonyl (C=O) groups excluding carboxylic acids is 2. The Labute approximate surface area is 210 Å². The zero-order valence-corrected chi connectivity index (χ0v) is 20.5. The van der Waals surface area contributed by atoms with Gasteiger partial charge < -0.3 is 24.8 Å². The van der Waals surface area contributed by atoms with Crippen LogP contribution in [0.5, 0.6) is 11.5 Å². The molecular weight excluding hydrogens is 470 g/mol. The summed E-state index contributed by atoms with van der Waals surface area (Å²) in [5.74, 6) is 1.15. The molecular formula is C26H32ClN3O5. The van der Waals surface area contributed by atoms with Crippen LogP contribution in [0.1, 0.15) is 24.8 Å². The molecule has 1 unspecified atom stereocenters. The average molecular weight is 502 g/mol. The van der Waals surface area contributed by atoms with Gasteiger partial charge in [-0.15, -0.1) is 0 Å². The van der Waals surface area contributed by atoms with Crippen molar-refractivity contribution in [3.05, 3.63) is 59.1 Å². The number of rotatable bonds is 11. The first kappa shape index (κ1) is 25.3. The molecule has 2 amide bonds. The van der Waals surface area contributed by atoms with E-state index in [2.05, 4.69) is 4.90 Å². The molecule has 2 fully saturated rings. The van der Waals surface area contributed by atoms with Crippen LogP contribution in [0, 0.1) is 0 Å². The molecule has 4 rings (SSSR count). The highest BCUT2D eigenvalue weighted by molar-refractivity contribution is 6.30. The molecule has 0 aliphatic carbocycles. The van der Waals surface area contributed by atoms with Crippen molar-refractivity contribution in [2.24, 2.45) is 5.73 Å². The normalized spacial score (nSPS) is 20.7. The third-order valence-electron chi connectivity index (χ3n) is 6.28. The van der Waals surface area contributed by atoms with Gasteiger partial charge in [-0.3, -0.25) is 14.5 Å². The van der Waals surface area contributed by atoms with Crippen molar-refractivity contribution in [3.63, 3.8) is 0 Å². The Hall–Kier alpha value is -2.81. The molecule has 0 radical (unpaired) electrons. The summed E-state index contributed by atoms with van der Waals surface area (Å²) in [6.45, 7) is 4.28. The summed E-state index contributed by atoms with van der Waals surface area (Å²) < 4.78 is 18.1. The van der Waals surface area contributed by atoms with Crippen LogP contribution in [0.3, 0.4) is 0 Å². The van der Waals surface area contributed by atoms with Crippen molar-refractivity contribution < 1.29 is 23.8 Å². The van der Waals surface area contributed by atoms with E-state index < -0.39 is 11.5 Å². The van der Waals surface area contributed by atoms with Crippen molar-refractivity contribution in [2.75, 3.05) is 46.0 Å². The van der Waals surface area contributed by atoms with Gasteiger partial charge in [0, 0.05) is 43.2 Å². The minimum absolute atomic E-state index is 0.0477. The van der Waals surface area contributed by atoms with E-state index >= 15 is 0 Å². The molecule has 2 aliphatic rings. The number of primary amides is 1. The number of hydrogen-bond acceptors (Lipinski definition) is 6. The van der Waals surface area contributed by atoms with Crippen LogP contribution in [-0.4, -0.2) is 73.2 Å². The number of nitrogens with zero attached hydrogens (tertiary/aromatic N) is 2. The first-order valence-corrected chi connectivity index (χ1v) is 12.3. The molecule has 188 valence electrons. The van der Waals surface area contributed by atoms with Crippen LogP contribution in [-0.2, 0) is 20.9 Å². The SMILES string of the molecule is NC(=O)CC1(COc2cccc(Cl)c2)CN(Cc2ccccc2OCCN2CCCC2=O)CCO1. The first-order chi connectivity index (χ1) is 16.9. The highest BCUT2D eigenvalue weighted by Gasteiger charge is 2.39. The number of hydrogen-bond donors (Lipinski definition) is 1. The fourth-order valence-electron chi connectivity index (χ4n) is 4.62. The van der Waals surface area contributed by atoms with Crippen LogP contribution in [0.15, 0.2) is 48.5 Å². The van der Waals surface area contributed by atoms with Crippen LogP contribution >= 0.6 is 11.6 Å². The van der Waals surface area contributed by atoms with Crippen LogP contribution < -0.4 is 15.2 Å². The Balaban J connectivity index is 1.39. The summed E-state index contributed by atoms with van der Waals surface area (Å²) in [4.78, 5) is 27.8. The number of morpholine rings is 1. The smallest absolute Gasteiger partial charge is 0.222 e. The zero-order chi connectivity index (χ0) is 24.7. The highest BCUT2D eigenvalue weighted by Crippen LogP contribution is 2.28. The van der Waals surface area contributed by atoms with E-state index in [0.29, 0.717) is 56.6 Å². The Bertz CT molecular complexity index is 1040. The lowest BCUT2D eigenvalue weighted by Gasteiger charge is -2.42. The van der Waals surface area contributed by atoms with Gasteiger partial charge >= 0.3 is 0 Å². The van der Waals surface area contributed by atoms with Gasteiger partial charge in [0.05, 0.1) is 19.6 Å². The van der Waals surface area contributed by atoms with Crippen molar-refractivity contribution in [3.8, 4) is 11.5 Å². The molecule has 0 bridgehead atoms. The van der Waals surface area contributed by atoms with Crippen LogP contribution in [0.4, 0.5) is 0 Å². The lowest BCUT2D eigenvalue weighted by molar-refractivity contribution is -0.148. The standard InChI is InChI=1S/C26H32ClN3O5/c27-21-6-3-7-22(15-21)34-19-26(16-24(28)31)18-29(11-14-35-26)17-20-5-1-2-8-23(20)33-13-12-30-10-4-9-25(30)32/h1-3,5-8,15H,4,9-14,16-19H2,(H2,28,31). The summed E-state index contributed by atoms with van der Waals surface area (Å²) in [5.41, 5.74) is 5.75. The number of amides is 2. The molecule has 0 saturated carbocycles. The molecule has 2 N–H and O–H groups in total. The molecule has 0 spiro atoms. The lowest BCUT2D eigenvalue weighted by Crippen LogP contribution is -2.56. The maximum absolute atomic E-state index is 11.9. The van der Waals surface area contributed by atoms with Crippen LogP contribution in [0.25, 0.3) is 0 Å². The fraction of sp³-hybridized carbons (Fsp3) is 0.462. The second kappa shape index (κ2) is 11.7. The van der Waals surface area contributed by atoms with E-state index in [1.54, 1.807) is 12.1 Å². The molecule has 0 aromatic heterocycles. The third-order valence-corrected chi connectivity index (χ3v) is 6.51. The van der Waals surface area contributed by atoms with Gasteiger partial charge in [0.2, 0.25) is 11.8 Å². The Kier molecular flexibility index (Phi) is 8.49. The fourth-order valence-corrected chi connectivity index (χ4v) is 4.80. The number of halogens is 1. The van der Waals surface area contributed by atoms with Gasteiger partial charge in [-0.25, -0.2) is 0 Å². The summed E-state index contributed by atoms with van der Waals surface area (Å²) in [6, 6.07) is 15.0. The second-order valence-corrected chi connectivity index (χ2v) is 9.51. The molecule has 2 aromatic carbocycles. The minimum atomic E-state index is -0.863. The number of ether oxygens (including phenoxy) is 3. The maximum atomic E-state index is 11.9. The third kappa shape index (κ3) is 7.10. The van der Waals surface area contributed by atoms with Crippen molar-refractivity contribution in [2.45, 2.75) is 31.4 Å².